The molecule has 0 bridgehead atoms. The summed E-state index contributed by atoms with van der Waals surface area (Å²) in [6.45, 7) is 0. The molecule has 4 nitrogen and oxygen atoms in total. The van der Waals surface area contributed by atoms with Gasteiger partial charge in [0.25, 0.3) is 0 Å². The highest BCUT2D eigenvalue weighted by Crippen LogP contribution is 2.36. The van der Waals surface area contributed by atoms with E-state index in [1.165, 1.54) is 6.07 Å². The van der Waals surface area contributed by atoms with Crippen molar-refractivity contribution in [3.63, 3.8) is 0 Å². The predicted molar refractivity (Wildman–Crippen MR) is 53.8 cm³/mol. The van der Waals surface area contributed by atoms with E-state index in [1.54, 1.807) is 0 Å². The summed E-state index contributed by atoms with van der Waals surface area (Å²) < 4.78 is 59.6. The SMILES string of the molecule is NS(=O)(=O)C(c1ccc(Br)cn1)C(F)(F)F. The fourth-order valence-electron chi connectivity index (χ4n) is 1.06. The molecule has 16 heavy (non-hydrogen) atoms. The van der Waals surface area contributed by atoms with E-state index >= 15 is 0 Å². The molecule has 0 saturated carbocycles. The topological polar surface area (TPSA) is 73.1 Å². The number of hydrogen-bond acceptors (Lipinski definition) is 3. The predicted octanol–water partition coefficient (Wildman–Crippen LogP) is 1.74. The number of nitrogens with zero attached hydrogens (tertiary/aromatic N) is 1. The molecular weight excluding hydrogens is 313 g/mol. The normalized spacial score (nSPS) is 14.8. The Hall–Kier alpha value is -0.670. The highest BCUT2D eigenvalue weighted by atomic mass is 79.9. The van der Waals surface area contributed by atoms with Gasteiger partial charge in [0.2, 0.25) is 15.3 Å². The molecule has 1 aromatic heterocycles. The molecular formula is C7H6BrF3N2O2S. The molecule has 9 heteroatoms. The monoisotopic (exact) mass is 318 g/mol. The number of sulfonamides is 1. The van der Waals surface area contributed by atoms with Crippen molar-refractivity contribution in [1.82, 2.24) is 4.98 Å². The van der Waals surface area contributed by atoms with Crippen molar-refractivity contribution in [2.45, 2.75) is 11.4 Å². The maximum Gasteiger partial charge on any atom is 0.412 e. The van der Waals surface area contributed by atoms with Crippen molar-refractivity contribution in [2.24, 2.45) is 5.14 Å². The fraction of sp³-hybridized carbons (Fsp3) is 0.286. The number of nitrogens with two attached hydrogens (primary N) is 1. The first kappa shape index (κ1) is 13.4. The molecule has 1 atom stereocenters. The van der Waals surface area contributed by atoms with Crippen LogP contribution in [0.15, 0.2) is 22.8 Å². The smallest absolute Gasteiger partial charge is 0.258 e. The number of halogens is 4. The highest BCUT2D eigenvalue weighted by molar-refractivity contribution is 9.10. The Kier molecular flexibility index (Phi) is 3.60. The molecule has 1 heterocycles. The van der Waals surface area contributed by atoms with Crippen LogP contribution in [-0.4, -0.2) is 19.6 Å². The van der Waals surface area contributed by atoms with Gasteiger partial charge in [-0.2, -0.15) is 13.2 Å². The van der Waals surface area contributed by atoms with Crippen LogP contribution in [0.4, 0.5) is 13.2 Å². The van der Waals surface area contributed by atoms with Crippen LogP contribution in [0.25, 0.3) is 0 Å². The second kappa shape index (κ2) is 4.30. The third-order valence-electron chi connectivity index (χ3n) is 1.64. The van der Waals surface area contributed by atoms with Gasteiger partial charge in [-0.25, -0.2) is 13.6 Å². The van der Waals surface area contributed by atoms with E-state index < -0.39 is 27.1 Å². The Morgan fingerprint density at radius 2 is 1.94 bits per heavy atom. The molecule has 0 saturated heterocycles. The zero-order chi connectivity index (χ0) is 12.6. The third-order valence-corrected chi connectivity index (χ3v) is 3.28. The molecule has 0 aliphatic rings. The summed E-state index contributed by atoms with van der Waals surface area (Å²) in [6.07, 6.45) is -3.92. The van der Waals surface area contributed by atoms with Crippen LogP contribution >= 0.6 is 15.9 Å². The van der Waals surface area contributed by atoms with Gasteiger partial charge in [0, 0.05) is 10.7 Å². The van der Waals surface area contributed by atoms with Crippen molar-refractivity contribution in [3.05, 3.63) is 28.5 Å². The minimum Gasteiger partial charge on any atom is -0.258 e. The van der Waals surface area contributed by atoms with Gasteiger partial charge in [0.15, 0.2) is 0 Å². The Balaban J connectivity index is 3.29. The summed E-state index contributed by atoms with van der Waals surface area (Å²) in [5.74, 6) is 0. The van der Waals surface area contributed by atoms with Gasteiger partial charge in [-0.3, -0.25) is 4.98 Å². The van der Waals surface area contributed by atoms with E-state index in [9.17, 15) is 21.6 Å². The van der Waals surface area contributed by atoms with E-state index in [2.05, 4.69) is 26.1 Å². The molecule has 0 aliphatic heterocycles. The van der Waals surface area contributed by atoms with Gasteiger partial charge < -0.3 is 0 Å². The van der Waals surface area contributed by atoms with E-state index in [4.69, 9.17) is 0 Å². The van der Waals surface area contributed by atoms with Crippen LogP contribution in [0.1, 0.15) is 10.9 Å². The van der Waals surface area contributed by atoms with Crippen LogP contribution in [0.5, 0.6) is 0 Å². The molecule has 0 fully saturated rings. The lowest BCUT2D eigenvalue weighted by molar-refractivity contribution is -0.132. The average Bonchev–Trinajstić information content (AvgIpc) is 2.03. The van der Waals surface area contributed by atoms with Crippen LogP contribution < -0.4 is 5.14 Å². The first-order valence-electron chi connectivity index (χ1n) is 3.82. The lowest BCUT2D eigenvalue weighted by Crippen LogP contribution is -2.33. The summed E-state index contributed by atoms with van der Waals surface area (Å²) >= 11 is 2.97. The number of pyridine rings is 1. The summed E-state index contributed by atoms with van der Waals surface area (Å²) in [5.41, 5.74) is -0.654. The lowest BCUT2D eigenvalue weighted by atomic mass is 10.2. The van der Waals surface area contributed by atoms with Gasteiger partial charge >= 0.3 is 6.18 Å². The van der Waals surface area contributed by atoms with Gasteiger partial charge in [-0.05, 0) is 28.1 Å². The van der Waals surface area contributed by atoms with E-state index in [0.717, 1.165) is 12.3 Å². The maximum absolute atomic E-state index is 12.5. The Morgan fingerprint density at radius 3 is 2.25 bits per heavy atom. The second-order valence-electron chi connectivity index (χ2n) is 2.91. The second-order valence-corrected chi connectivity index (χ2v) is 5.48. The zero-order valence-electron chi connectivity index (χ0n) is 7.57. The van der Waals surface area contributed by atoms with Gasteiger partial charge in [0.05, 0.1) is 5.69 Å². The minimum absolute atomic E-state index is 0.437. The molecule has 0 amide bonds. The van der Waals surface area contributed by atoms with Crippen LogP contribution in [0.2, 0.25) is 0 Å². The molecule has 0 spiro atoms. The summed E-state index contributed by atoms with van der Waals surface area (Å²) in [4.78, 5) is 3.39. The highest BCUT2D eigenvalue weighted by Gasteiger charge is 2.49. The van der Waals surface area contributed by atoms with Gasteiger partial charge in [0.1, 0.15) is 0 Å². The number of aromatic nitrogens is 1. The summed E-state index contributed by atoms with van der Waals surface area (Å²) in [7, 11) is -4.79. The molecule has 0 radical (unpaired) electrons. The van der Waals surface area contributed by atoms with Crippen LogP contribution in [0.3, 0.4) is 0 Å². The molecule has 0 aromatic carbocycles. The average molecular weight is 319 g/mol. The number of rotatable bonds is 2. The van der Waals surface area contributed by atoms with Gasteiger partial charge in [-0.1, -0.05) is 0 Å². The molecule has 1 unspecified atom stereocenters. The Bertz CT molecular complexity index is 471. The molecule has 0 aliphatic carbocycles. The van der Waals surface area contributed by atoms with E-state index in [1.807, 2.05) is 0 Å². The van der Waals surface area contributed by atoms with Crippen LogP contribution in [0, 0.1) is 0 Å². The standard InChI is InChI=1S/C7H6BrF3N2O2S/c8-4-1-2-5(13-3-4)6(7(9,10)11)16(12,14)15/h1-3,6H,(H2,12,14,15). The maximum atomic E-state index is 12.5. The van der Waals surface area contributed by atoms with Crippen molar-refractivity contribution < 1.29 is 21.6 Å². The minimum atomic E-state index is -4.99. The lowest BCUT2D eigenvalue weighted by Gasteiger charge is -2.17. The Labute approximate surface area is 97.8 Å². The van der Waals surface area contributed by atoms with Crippen LogP contribution in [-0.2, 0) is 10.0 Å². The molecule has 2 N–H and O–H groups in total. The molecule has 1 rings (SSSR count). The summed E-state index contributed by atoms with van der Waals surface area (Å²) in [6, 6.07) is 2.21. The number of alkyl halides is 3. The number of hydrogen-bond donors (Lipinski definition) is 1. The number of primary sulfonamides is 1. The fourth-order valence-corrected chi connectivity index (χ4v) is 2.15. The van der Waals surface area contributed by atoms with Crippen molar-refractivity contribution in [3.8, 4) is 0 Å². The summed E-state index contributed by atoms with van der Waals surface area (Å²) in [5, 5.41) is 1.74. The van der Waals surface area contributed by atoms with E-state index in [0.29, 0.717) is 4.47 Å². The van der Waals surface area contributed by atoms with Crippen molar-refractivity contribution >= 4 is 26.0 Å². The third kappa shape index (κ3) is 3.16. The quantitative estimate of drug-likeness (QED) is 0.902. The largest absolute Gasteiger partial charge is 0.412 e. The molecule has 90 valence electrons. The molecule has 1 aromatic rings. The first-order chi connectivity index (χ1) is 7.12. The first-order valence-corrected chi connectivity index (χ1v) is 6.22. The van der Waals surface area contributed by atoms with Gasteiger partial charge in [-0.15, -0.1) is 0 Å². The van der Waals surface area contributed by atoms with E-state index in [-0.39, 0.29) is 0 Å². The van der Waals surface area contributed by atoms with Crippen molar-refractivity contribution in [2.75, 3.05) is 0 Å². The Morgan fingerprint density at radius 1 is 1.38 bits per heavy atom. The zero-order valence-corrected chi connectivity index (χ0v) is 9.97. The van der Waals surface area contributed by atoms with Crippen molar-refractivity contribution in [1.29, 1.82) is 0 Å².